The molecule has 2 atom stereocenters. The molecule has 0 spiro atoms. The molecule has 28 heavy (non-hydrogen) atoms. The van der Waals surface area contributed by atoms with Gasteiger partial charge in [-0.25, -0.2) is 13.4 Å². The van der Waals surface area contributed by atoms with Crippen molar-refractivity contribution in [3.05, 3.63) is 18.3 Å². The van der Waals surface area contributed by atoms with Crippen molar-refractivity contribution >= 4 is 27.7 Å². The van der Waals surface area contributed by atoms with Crippen molar-refractivity contribution in [1.29, 1.82) is 0 Å². The molecular weight excluding hydrogens is 396 g/mol. The van der Waals surface area contributed by atoms with Gasteiger partial charge in [0.25, 0.3) is 0 Å². The Hall–Kier alpha value is -1.16. The third kappa shape index (κ3) is 5.46. The Kier molecular flexibility index (Phi) is 7.36. The van der Waals surface area contributed by atoms with Gasteiger partial charge in [0.2, 0.25) is 15.9 Å². The van der Waals surface area contributed by atoms with Gasteiger partial charge in [0, 0.05) is 38.4 Å². The Morgan fingerprint density at radius 2 is 1.93 bits per heavy atom. The van der Waals surface area contributed by atoms with Gasteiger partial charge < -0.3 is 10.2 Å². The third-order valence-corrected chi connectivity index (χ3v) is 8.44. The highest BCUT2D eigenvalue weighted by Crippen LogP contribution is 2.24. The van der Waals surface area contributed by atoms with Crippen LogP contribution in [0.1, 0.15) is 32.6 Å². The summed E-state index contributed by atoms with van der Waals surface area (Å²) in [7, 11) is -1.51. The summed E-state index contributed by atoms with van der Waals surface area (Å²) in [4.78, 5) is 18.8. The summed E-state index contributed by atoms with van der Waals surface area (Å²) >= 11 is 1.34. The molecule has 1 aromatic heterocycles. The maximum Gasteiger partial charge on any atom is 0.244 e. The Morgan fingerprint density at radius 1 is 1.21 bits per heavy atom. The number of carbonyl (C=O) groups is 1. The number of nitrogens with zero attached hydrogens (tertiary/aromatic N) is 3. The summed E-state index contributed by atoms with van der Waals surface area (Å²) in [6, 6.07) is 3.54. The van der Waals surface area contributed by atoms with Crippen molar-refractivity contribution in [3.63, 3.8) is 0 Å². The molecule has 1 saturated heterocycles. The van der Waals surface area contributed by atoms with E-state index < -0.39 is 10.0 Å². The van der Waals surface area contributed by atoms with Crippen molar-refractivity contribution in [2.45, 2.75) is 48.6 Å². The zero-order valence-corrected chi connectivity index (χ0v) is 18.3. The van der Waals surface area contributed by atoms with E-state index in [1.807, 2.05) is 7.05 Å². The largest absolute Gasteiger partial charge is 0.352 e. The number of carbonyl (C=O) groups excluding carboxylic acids is 1. The molecule has 1 N–H and O–H groups in total. The summed E-state index contributed by atoms with van der Waals surface area (Å²) < 4.78 is 26.9. The van der Waals surface area contributed by atoms with Crippen molar-refractivity contribution in [2.24, 2.45) is 5.92 Å². The lowest BCUT2D eigenvalue weighted by Crippen LogP contribution is -2.47. The first-order valence-electron chi connectivity index (χ1n) is 9.93. The maximum absolute atomic E-state index is 12.7. The van der Waals surface area contributed by atoms with Gasteiger partial charge in [0.05, 0.1) is 10.8 Å². The van der Waals surface area contributed by atoms with E-state index in [1.54, 1.807) is 12.1 Å². The van der Waals surface area contributed by atoms with E-state index in [-0.39, 0.29) is 16.8 Å². The van der Waals surface area contributed by atoms with E-state index in [0.717, 1.165) is 19.5 Å². The number of sulfonamides is 1. The number of pyridine rings is 1. The summed E-state index contributed by atoms with van der Waals surface area (Å²) in [5, 5.41) is 3.78. The topological polar surface area (TPSA) is 82.6 Å². The fourth-order valence-corrected chi connectivity index (χ4v) is 5.72. The van der Waals surface area contributed by atoms with Gasteiger partial charge in [-0.2, -0.15) is 4.31 Å². The Balaban J connectivity index is 1.52. The first-order chi connectivity index (χ1) is 13.4. The smallest absolute Gasteiger partial charge is 0.244 e. The lowest BCUT2D eigenvalue weighted by Gasteiger charge is -2.31. The molecule has 7 nitrogen and oxygen atoms in total. The van der Waals surface area contributed by atoms with Crippen molar-refractivity contribution < 1.29 is 13.2 Å². The number of nitrogens with one attached hydrogen (secondary N) is 1. The molecular formula is C19H30N4O3S2. The van der Waals surface area contributed by atoms with Gasteiger partial charge in [-0.3, -0.25) is 4.79 Å². The molecule has 2 fully saturated rings. The summed E-state index contributed by atoms with van der Waals surface area (Å²) in [6.07, 6.45) is 6.04. The molecule has 1 amide bonds. The van der Waals surface area contributed by atoms with Crippen LogP contribution >= 0.6 is 11.8 Å². The minimum atomic E-state index is -3.50. The highest BCUT2D eigenvalue weighted by molar-refractivity contribution is 7.99. The molecule has 3 rings (SSSR count). The average molecular weight is 427 g/mol. The number of hydrogen-bond acceptors (Lipinski definition) is 6. The molecule has 2 aliphatic rings. The van der Waals surface area contributed by atoms with Gasteiger partial charge in [-0.1, -0.05) is 31.5 Å². The van der Waals surface area contributed by atoms with Crippen molar-refractivity contribution in [2.75, 3.05) is 39.0 Å². The normalized spacial score (nSPS) is 24.8. The van der Waals surface area contributed by atoms with Crippen molar-refractivity contribution in [3.8, 4) is 0 Å². The first-order valence-corrected chi connectivity index (χ1v) is 12.4. The molecule has 0 radical (unpaired) electrons. The molecule has 0 bridgehead atoms. The van der Waals surface area contributed by atoms with E-state index in [4.69, 9.17) is 0 Å². The van der Waals surface area contributed by atoms with E-state index in [9.17, 15) is 13.2 Å². The Morgan fingerprint density at radius 3 is 2.57 bits per heavy atom. The number of hydrogen-bond donors (Lipinski definition) is 1. The summed E-state index contributed by atoms with van der Waals surface area (Å²) in [6.45, 7) is 4.65. The van der Waals surface area contributed by atoms with Crippen LogP contribution < -0.4 is 5.32 Å². The van der Waals surface area contributed by atoms with Crippen LogP contribution in [-0.2, 0) is 14.8 Å². The van der Waals surface area contributed by atoms with E-state index >= 15 is 0 Å². The summed E-state index contributed by atoms with van der Waals surface area (Å²) in [5.41, 5.74) is 0. The standard InChI is InChI=1S/C19H30N4O3S2/c1-15-5-3-4-6-17(15)21-18(24)14-27-19-8-7-16(13-20-19)28(25,26)23-11-9-22(2)10-12-23/h7-8,13,15,17H,3-6,9-12,14H2,1-2H3,(H,21,24). The zero-order valence-electron chi connectivity index (χ0n) is 16.6. The number of rotatable bonds is 6. The third-order valence-electron chi connectivity index (χ3n) is 5.62. The van der Waals surface area contributed by atoms with Gasteiger partial charge in [0.1, 0.15) is 4.90 Å². The lowest BCUT2D eigenvalue weighted by atomic mass is 9.86. The summed E-state index contributed by atoms with van der Waals surface area (Å²) in [5.74, 6) is 0.834. The monoisotopic (exact) mass is 426 g/mol. The van der Waals surface area contributed by atoms with Crippen LogP contribution in [-0.4, -0.2) is 73.5 Å². The predicted molar refractivity (Wildman–Crippen MR) is 111 cm³/mol. The molecule has 1 aromatic rings. The molecule has 2 heterocycles. The fraction of sp³-hybridized carbons (Fsp3) is 0.684. The second kappa shape index (κ2) is 9.56. The van der Waals surface area contributed by atoms with Gasteiger partial charge in [-0.05, 0) is 37.9 Å². The van der Waals surface area contributed by atoms with E-state index in [1.165, 1.54) is 41.5 Å². The molecule has 1 saturated carbocycles. The predicted octanol–water partition coefficient (Wildman–Crippen LogP) is 1.80. The highest BCUT2D eigenvalue weighted by atomic mass is 32.2. The number of likely N-dealkylation sites (N-methyl/N-ethyl adjacent to an activating group) is 1. The quantitative estimate of drug-likeness (QED) is 0.699. The molecule has 0 aromatic carbocycles. The highest BCUT2D eigenvalue weighted by Gasteiger charge is 2.28. The second-order valence-electron chi connectivity index (χ2n) is 7.76. The lowest BCUT2D eigenvalue weighted by molar-refractivity contribution is -0.119. The Bertz CT molecular complexity index is 762. The van der Waals surface area contributed by atoms with E-state index in [0.29, 0.717) is 29.8 Å². The molecule has 2 unspecified atom stereocenters. The molecule has 1 aliphatic heterocycles. The van der Waals surface area contributed by atoms with Gasteiger partial charge in [0.15, 0.2) is 0 Å². The molecule has 9 heteroatoms. The molecule has 1 aliphatic carbocycles. The Labute approximate surface area is 172 Å². The van der Waals surface area contributed by atoms with Crippen molar-refractivity contribution in [1.82, 2.24) is 19.5 Å². The van der Waals surface area contributed by atoms with E-state index in [2.05, 4.69) is 22.1 Å². The minimum Gasteiger partial charge on any atom is -0.352 e. The fourth-order valence-electron chi connectivity index (χ4n) is 3.70. The maximum atomic E-state index is 12.7. The van der Waals surface area contributed by atoms with Crippen LogP contribution in [0.2, 0.25) is 0 Å². The number of thioether (sulfide) groups is 1. The van der Waals surface area contributed by atoms with Gasteiger partial charge in [-0.15, -0.1) is 0 Å². The minimum absolute atomic E-state index is 0.0136. The number of amides is 1. The first kappa shape index (κ1) is 21.5. The number of piperazine rings is 1. The second-order valence-corrected chi connectivity index (χ2v) is 10.7. The SMILES string of the molecule is CC1CCCCC1NC(=O)CSc1ccc(S(=O)(=O)N2CCN(C)CC2)cn1. The van der Waals surface area contributed by atoms with Crippen LogP contribution in [0.3, 0.4) is 0 Å². The average Bonchev–Trinajstić information content (AvgIpc) is 2.69. The molecule has 156 valence electrons. The van der Waals surface area contributed by atoms with Crippen LogP contribution in [0, 0.1) is 5.92 Å². The van der Waals surface area contributed by atoms with Crippen LogP contribution in [0.25, 0.3) is 0 Å². The van der Waals surface area contributed by atoms with Crippen LogP contribution in [0.5, 0.6) is 0 Å². The van der Waals surface area contributed by atoms with Crippen LogP contribution in [0.15, 0.2) is 28.3 Å². The zero-order chi connectivity index (χ0) is 20.1. The number of aromatic nitrogens is 1. The van der Waals surface area contributed by atoms with Gasteiger partial charge >= 0.3 is 0 Å². The van der Waals surface area contributed by atoms with Crippen LogP contribution in [0.4, 0.5) is 0 Å².